The molecule has 0 unspecified atom stereocenters. The van der Waals surface area contributed by atoms with Crippen LogP contribution >= 0.6 is 0 Å². The van der Waals surface area contributed by atoms with E-state index in [-0.39, 0.29) is 0 Å². The minimum Gasteiger partial charge on any atom is -0.370 e. The first-order valence-corrected chi connectivity index (χ1v) is 7.33. The molecule has 0 atom stereocenters. The molecule has 0 spiro atoms. The molecule has 4 nitrogen and oxygen atoms in total. The van der Waals surface area contributed by atoms with Gasteiger partial charge in [-0.05, 0) is 18.3 Å². The maximum atomic E-state index is 4.43. The van der Waals surface area contributed by atoms with Crippen LogP contribution in [0.4, 0.5) is 11.6 Å². The molecule has 108 valence electrons. The summed E-state index contributed by atoms with van der Waals surface area (Å²) in [7, 11) is 0. The van der Waals surface area contributed by atoms with Crippen LogP contribution in [0.25, 0.3) is 0 Å². The molecule has 0 bridgehead atoms. The topological polar surface area (TPSA) is 41.0 Å². The van der Waals surface area contributed by atoms with Gasteiger partial charge in [-0.25, -0.2) is 9.97 Å². The second kappa shape index (κ2) is 7.97. The Morgan fingerprint density at radius 2 is 1.74 bits per heavy atom. The SMILES string of the molecule is CCCNc1cc(N(CC(C)C)CC(C)C)ncn1. The molecule has 0 saturated heterocycles. The molecule has 19 heavy (non-hydrogen) atoms. The van der Waals surface area contributed by atoms with E-state index in [4.69, 9.17) is 0 Å². The van der Waals surface area contributed by atoms with Crippen molar-refractivity contribution >= 4 is 11.6 Å². The van der Waals surface area contributed by atoms with E-state index in [1.165, 1.54) is 0 Å². The van der Waals surface area contributed by atoms with Crippen molar-refractivity contribution in [3.63, 3.8) is 0 Å². The van der Waals surface area contributed by atoms with Gasteiger partial charge in [-0.1, -0.05) is 34.6 Å². The summed E-state index contributed by atoms with van der Waals surface area (Å²) >= 11 is 0. The highest BCUT2D eigenvalue weighted by Gasteiger charge is 2.12. The fourth-order valence-corrected chi connectivity index (χ4v) is 2.01. The molecule has 1 heterocycles. The van der Waals surface area contributed by atoms with Gasteiger partial charge in [-0.15, -0.1) is 0 Å². The Balaban J connectivity index is 2.81. The van der Waals surface area contributed by atoms with Crippen LogP contribution in [-0.2, 0) is 0 Å². The standard InChI is InChI=1S/C15H28N4/c1-6-7-16-14-8-15(18-11-17-14)19(9-12(2)3)10-13(4)5/h8,11-13H,6-7,9-10H2,1-5H3,(H,16,17,18). The highest BCUT2D eigenvalue weighted by molar-refractivity contribution is 5.48. The monoisotopic (exact) mass is 264 g/mol. The van der Waals surface area contributed by atoms with Crippen molar-refractivity contribution in [1.29, 1.82) is 0 Å². The van der Waals surface area contributed by atoms with Gasteiger partial charge in [0.1, 0.15) is 18.0 Å². The van der Waals surface area contributed by atoms with Crippen LogP contribution < -0.4 is 10.2 Å². The average molecular weight is 264 g/mol. The van der Waals surface area contributed by atoms with Crippen LogP contribution in [0.1, 0.15) is 41.0 Å². The Hall–Kier alpha value is -1.32. The highest BCUT2D eigenvalue weighted by atomic mass is 15.2. The van der Waals surface area contributed by atoms with Crippen molar-refractivity contribution in [2.24, 2.45) is 11.8 Å². The first kappa shape index (κ1) is 15.7. The predicted octanol–water partition coefficient (Wildman–Crippen LogP) is 3.42. The average Bonchev–Trinajstić information content (AvgIpc) is 2.35. The summed E-state index contributed by atoms with van der Waals surface area (Å²) in [6.07, 6.45) is 2.75. The van der Waals surface area contributed by atoms with Crippen LogP contribution in [0.2, 0.25) is 0 Å². The van der Waals surface area contributed by atoms with E-state index in [9.17, 15) is 0 Å². The van der Waals surface area contributed by atoms with E-state index < -0.39 is 0 Å². The van der Waals surface area contributed by atoms with E-state index >= 15 is 0 Å². The van der Waals surface area contributed by atoms with Crippen LogP contribution in [0.15, 0.2) is 12.4 Å². The van der Waals surface area contributed by atoms with Crippen LogP contribution in [0.5, 0.6) is 0 Å². The lowest BCUT2D eigenvalue weighted by Crippen LogP contribution is -2.32. The van der Waals surface area contributed by atoms with Gasteiger partial charge < -0.3 is 10.2 Å². The molecular weight excluding hydrogens is 236 g/mol. The van der Waals surface area contributed by atoms with Crippen LogP contribution in [0, 0.1) is 11.8 Å². The number of hydrogen-bond acceptors (Lipinski definition) is 4. The number of rotatable bonds is 8. The van der Waals surface area contributed by atoms with Gasteiger partial charge >= 0.3 is 0 Å². The predicted molar refractivity (Wildman–Crippen MR) is 82.7 cm³/mol. The van der Waals surface area contributed by atoms with E-state index in [1.54, 1.807) is 6.33 Å². The second-order valence-corrected chi connectivity index (χ2v) is 5.88. The summed E-state index contributed by atoms with van der Waals surface area (Å²) in [5.74, 6) is 3.20. The normalized spacial score (nSPS) is 11.1. The molecule has 1 N–H and O–H groups in total. The summed E-state index contributed by atoms with van der Waals surface area (Å²) in [4.78, 5) is 11.1. The minimum atomic E-state index is 0.626. The third kappa shape index (κ3) is 5.90. The van der Waals surface area contributed by atoms with Gasteiger partial charge in [0.25, 0.3) is 0 Å². The fraction of sp³-hybridized carbons (Fsp3) is 0.733. The number of hydrogen-bond donors (Lipinski definition) is 1. The largest absolute Gasteiger partial charge is 0.370 e. The first-order valence-electron chi connectivity index (χ1n) is 7.33. The minimum absolute atomic E-state index is 0.626. The van der Waals surface area contributed by atoms with E-state index in [2.05, 4.69) is 60.9 Å². The molecule has 0 radical (unpaired) electrons. The highest BCUT2D eigenvalue weighted by Crippen LogP contribution is 2.17. The molecule has 0 aliphatic carbocycles. The number of aromatic nitrogens is 2. The maximum absolute atomic E-state index is 4.43. The van der Waals surface area contributed by atoms with Gasteiger partial charge in [-0.3, -0.25) is 0 Å². The van der Waals surface area contributed by atoms with Crippen molar-refractivity contribution in [3.8, 4) is 0 Å². The lowest BCUT2D eigenvalue weighted by atomic mass is 10.1. The van der Waals surface area contributed by atoms with Gasteiger partial charge in [-0.2, -0.15) is 0 Å². The third-order valence-corrected chi connectivity index (χ3v) is 2.70. The summed E-state index contributed by atoms with van der Waals surface area (Å²) in [6.45, 7) is 14.1. The zero-order chi connectivity index (χ0) is 14.3. The van der Waals surface area contributed by atoms with Gasteiger partial charge in [0, 0.05) is 25.7 Å². The Labute approximate surface area is 117 Å². The zero-order valence-corrected chi connectivity index (χ0v) is 13.0. The molecule has 0 aliphatic rings. The third-order valence-electron chi connectivity index (χ3n) is 2.70. The maximum Gasteiger partial charge on any atom is 0.134 e. The number of nitrogens with one attached hydrogen (secondary N) is 1. The van der Waals surface area contributed by atoms with Gasteiger partial charge in [0.2, 0.25) is 0 Å². The summed E-state index contributed by atoms with van der Waals surface area (Å²) in [5, 5.41) is 3.32. The Morgan fingerprint density at radius 3 is 2.26 bits per heavy atom. The van der Waals surface area contributed by atoms with Crippen molar-refractivity contribution < 1.29 is 0 Å². The molecular formula is C15H28N4. The molecule has 1 rings (SSSR count). The lowest BCUT2D eigenvalue weighted by molar-refractivity contribution is 0.548. The van der Waals surface area contributed by atoms with Crippen LogP contribution in [-0.4, -0.2) is 29.6 Å². The van der Waals surface area contributed by atoms with E-state index in [0.29, 0.717) is 11.8 Å². The summed E-state index contributed by atoms with van der Waals surface area (Å²) < 4.78 is 0. The zero-order valence-electron chi connectivity index (χ0n) is 13.0. The number of nitrogens with zero attached hydrogens (tertiary/aromatic N) is 3. The molecule has 0 amide bonds. The molecule has 1 aromatic heterocycles. The van der Waals surface area contributed by atoms with Crippen molar-refractivity contribution in [2.75, 3.05) is 29.9 Å². The smallest absolute Gasteiger partial charge is 0.134 e. The Bertz CT molecular complexity index is 353. The van der Waals surface area contributed by atoms with Crippen molar-refractivity contribution in [3.05, 3.63) is 12.4 Å². The van der Waals surface area contributed by atoms with E-state index in [0.717, 1.165) is 37.7 Å². The van der Waals surface area contributed by atoms with Gasteiger partial charge in [0.15, 0.2) is 0 Å². The van der Waals surface area contributed by atoms with Crippen molar-refractivity contribution in [1.82, 2.24) is 9.97 Å². The molecule has 1 aromatic rings. The Kier molecular flexibility index (Phi) is 6.60. The summed E-state index contributed by atoms with van der Waals surface area (Å²) in [5.41, 5.74) is 0. The summed E-state index contributed by atoms with van der Waals surface area (Å²) in [6, 6.07) is 2.06. The van der Waals surface area contributed by atoms with Gasteiger partial charge in [0.05, 0.1) is 0 Å². The first-order chi connectivity index (χ1) is 9.02. The molecule has 4 heteroatoms. The Morgan fingerprint density at radius 1 is 1.11 bits per heavy atom. The van der Waals surface area contributed by atoms with Crippen LogP contribution in [0.3, 0.4) is 0 Å². The second-order valence-electron chi connectivity index (χ2n) is 5.88. The van der Waals surface area contributed by atoms with E-state index in [1.807, 2.05) is 0 Å². The van der Waals surface area contributed by atoms with Crippen molar-refractivity contribution in [2.45, 2.75) is 41.0 Å². The molecule has 0 aromatic carbocycles. The quantitative estimate of drug-likeness (QED) is 0.781. The number of anilines is 2. The lowest BCUT2D eigenvalue weighted by Gasteiger charge is -2.27. The molecule has 0 fully saturated rings. The molecule has 0 aliphatic heterocycles. The fourth-order valence-electron chi connectivity index (χ4n) is 2.01. The molecule has 0 saturated carbocycles.